The van der Waals surface area contributed by atoms with Gasteiger partial charge >= 0.3 is 0 Å². The molecule has 1 heterocycles. The van der Waals surface area contributed by atoms with Crippen LogP contribution in [-0.4, -0.2) is 18.9 Å². The molecule has 0 saturated carbocycles. The van der Waals surface area contributed by atoms with Gasteiger partial charge in [-0.3, -0.25) is 4.79 Å². The van der Waals surface area contributed by atoms with E-state index in [0.29, 0.717) is 39.0 Å². The Morgan fingerprint density at radius 1 is 1.12 bits per heavy atom. The molecule has 4 nitrogen and oxygen atoms in total. The second-order valence-corrected chi connectivity index (χ2v) is 6.94. The highest BCUT2D eigenvalue weighted by Gasteiger charge is 2.31. The summed E-state index contributed by atoms with van der Waals surface area (Å²) in [7, 11) is 0. The predicted octanol–water partition coefficient (Wildman–Crippen LogP) is 3.11. The zero-order valence-corrected chi connectivity index (χ0v) is 16.1. The fourth-order valence-electron chi connectivity index (χ4n) is 2.99. The number of quaternary nitrogens is 1. The number of benzene rings is 2. The fourth-order valence-corrected chi connectivity index (χ4v) is 3.49. The number of halogens is 2. The van der Waals surface area contributed by atoms with Crippen molar-refractivity contribution < 1.29 is 19.5 Å². The average Bonchev–Trinajstić information content (AvgIpc) is 2.94. The third-order valence-corrected chi connectivity index (χ3v) is 5.26. The first-order valence-corrected chi connectivity index (χ1v) is 9.26. The van der Waals surface area contributed by atoms with Gasteiger partial charge in [0, 0.05) is 21.2 Å². The van der Waals surface area contributed by atoms with Gasteiger partial charge in [-0.2, -0.15) is 0 Å². The summed E-state index contributed by atoms with van der Waals surface area (Å²) in [5, 5.41) is 13.2. The van der Waals surface area contributed by atoms with Crippen LogP contribution in [0.5, 0.6) is 11.5 Å². The fraction of sp³-hybridized carbons (Fsp3) is 0.250. The number of fused-ring (bicyclic) bond motifs is 1. The van der Waals surface area contributed by atoms with E-state index in [9.17, 15) is 9.90 Å². The highest BCUT2D eigenvalue weighted by atomic mass is 35.5. The van der Waals surface area contributed by atoms with E-state index < -0.39 is 0 Å². The van der Waals surface area contributed by atoms with Crippen LogP contribution in [0.1, 0.15) is 35.3 Å². The lowest BCUT2D eigenvalue weighted by atomic mass is 10.0. The molecular formula is C20H19Cl2NO3. The van der Waals surface area contributed by atoms with E-state index in [0.717, 1.165) is 13.1 Å². The van der Waals surface area contributed by atoms with Crippen LogP contribution in [0.15, 0.2) is 36.1 Å². The molecule has 26 heavy (non-hydrogen) atoms. The number of ketones is 1. The zero-order chi connectivity index (χ0) is 18.8. The van der Waals surface area contributed by atoms with E-state index in [1.807, 2.05) is 0 Å². The molecule has 1 aliphatic heterocycles. The number of rotatable bonds is 5. The minimum Gasteiger partial charge on any atom is -0.872 e. The SMILES string of the molecule is CC[NH+](CC)Cc1c([O-])ccc2c1OC(=Cc1c(Cl)cccc1Cl)C2=O. The molecular weight excluding hydrogens is 373 g/mol. The van der Waals surface area contributed by atoms with Crippen molar-refractivity contribution in [1.82, 2.24) is 0 Å². The van der Waals surface area contributed by atoms with Gasteiger partial charge in [-0.05, 0) is 38.1 Å². The molecule has 0 saturated heterocycles. The predicted molar refractivity (Wildman–Crippen MR) is 101 cm³/mol. The van der Waals surface area contributed by atoms with Gasteiger partial charge in [0.15, 0.2) is 5.76 Å². The van der Waals surface area contributed by atoms with E-state index in [1.54, 1.807) is 18.2 Å². The van der Waals surface area contributed by atoms with Gasteiger partial charge in [0.25, 0.3) is 0 Å². The van der Waals surface area contributed by atoms with Crippen molar-refractivity contribution in [3.63, 3.8) is 0 Å². The number of allylic oxidation sites excluding steroid dienone is 1. The molecule has 1 N–H and O–H groups in total. The molecule has 0 bridgehead atoms. The maximum Gasteiger partial charge on any atom is 0.231 e. The van der Waals surface area contributed by atoms with Crippen molar-refractivity contribution in [2.45, 2.75) is 20.4 Å². The van der Waals surface area contributed by atoms with Gasteiger partial charge in [0.1, 0.15) is 12.3 Å². The lowest BCUT2D eigenvalue weighted by Gasteiger charge is -2.21. The van der Waals surface area contributed by atoms with Crippen molar-refractivity contribution in [2.24, 2.45) is 0 Å². The molecule has 0 spiro atoms. The van der Waals surface area contributed by atoms with Crippen molar-refractivity contribution in [1.29, 1.82) is 0 Å². The van der Waals surface area contributed by atoms with Crippen LogP contribution in [0.3, 0.4) is 0 Å². The lowest BCUT2D eigenvalue weighted by molar-refractivity contribution is -0.910. The first-order valence-electron chi connectivity index (χ1n) is 8.50. The van der Waals surface area contributed by atoms with Gasteiger partial charge in [-0.25, -0.2) is 0 Å². The van der Waals surface area contributed by atoms with Crippen LogP contribution in [0.4, 0.5) is 0 Å². The third kappa shape index (κ3) is 3.45. The summed E-state index contributed by atoms with van der Waals surface area (Å²) in [6.07, 6.45) is 1.53. The lowest BCUT2D eigenvalue weighted by Crippen LogP contribution is -3.10. The number of hydrogen-bond acceptors (Lipinski definition) is 3. The highest BCUT2D eigenvalue weighted by Crippen LogP contribution is 2.39. The minimum atomic E-state index is -0.271. The van der Waals surface area contributed by atoms with Crippen LogP contribution in [-0.2, 0) is 6.54 Å². The Labute approximate surface area is 162 Å². The zero-order valence-electron chi connectivity index (χ0n) is 14.6. The molecule has 0 aliphatic carbocycles. The summed E-state index contributed by atoms with van der Waals surface area (Å²) in [5.74, 6) is 0.0903. The van der Waals surface area contributed by atoms with Crippen molar-refractivity contribution in [2.75, 3.05) is 13.1 Å². The van der Waals surface area contributed by atoms with Crippen LogP contribution in [0.25, 0.3) is 6.08 Å². The van der Waals surface area contributed by atoms with E-state index in [-0.39, 0.29) is 17.3 Å². The smallest absolute Gasteiger partial charge is 0.231 e. The molecule has 0 amide bonds. The third-order valence-electron chi connectivity index (χ3n) is 4.60. The summed E-state index contributed by atoms with van der Waals surface area (Å²) < 4.78 is 5.82. The normalized spacial score (nSPS) is 14.8. The Bertz CT molecular complexity index is 869. The summed E-state index contributed by atoms with van der Waals surface area (Å²) in [6.45, 7) is 6.39. The number of nitrogens with one attached hydrogen (secondary N) is 1. The molecule has 2 aromatic rings. The summed E-state index contributed by atoms with van der Waals surface area (Å²) in [6, 6.07) is 8.07. The number of carbonyl (C=O) groups is 1. The van der Waals surface area contributed by atoms with E-state index >= 15 is 0 Å². The van der Waals surface area contributed by atoms with Gasteiger partial charge < -0.3 is 14.7 Å². The molecule has 0 aromatic heterocycles. The van der Waals surface area contributed by atoms with Crippen molar-refractivity contribution in [3.8, 4) is 11.5 Å². The van der Waals surface area contributed by atoms with E-state index in [1.165, 1.54) is 23.1 Å². The topological polar surface area (TPSA) is 53.8 Å². The van der Waals surface area contributed by atoms with Gasteiger partial charge in [0.05, 0.1) is 18.7 Å². The second-order valence-electron chi connectivity index (χ2n) is 6.13. The minimum absolute atomic E-state index is 0.118. The Hall–Kier alpha value is -2.01. The monoisotopic (exact) mass is 391 g/mol. The van der Waals surface area contributed by atoms with Gasteiger partial charge in [-0.1, -0.05) is 41.1 Å². The largest absolute Gasteiger partial charge is 0.872 e. The molecule has 136 valence electrons. The molecule has 0 fully saturated rings. The van der Waals surface area contributed by atoms with Crippen LogP contribution < -0.4 is 14.7 Å². The van der Waals surface area contributed by atoms with E-state index in [4.69, 9.17) is 27.9 Å². The van der Waals surface area contributed by atoms with Crippen molar-refractivity contribution in [3.05, 3.63) is 62.8 Å². The van der Waals surface area contributed by atoms with Crippen molar-refractivity contribution >= 4 is 35.1 Å². The number of ether oxygens (including phenoxy) is 1. The molecule has 3 rings (SSSR count). The summed E-state index contributed by atoms with van der Waals surface area (Å²) in [5.41, 5.74) is 1.45. The van der Waals surface area contributed by atoms with Crippen LogP contribution in [0.2, 0.25) is 10.0 Å². The average molecular weight is 392 g/mol. The molecule has 0 radical (unpaired) electrons. The number of hydrogen-bond donors (Lipinski definition) is 1. The molecule has 0 unspecified atom stereocenters. The second kappa shape index (κ2) is 7.70. The first-order chi connectivity index (χ1) is 12.5. The Kier molecular flexibility index (Phi) is 5.56. The Balaban J connectivity index is 2.03. The van der Waals surface area contributed by atoms with Crippen LogP contribution in [0, 0.1) is 0 Å². The molecule has 6 heteroatoms. The van der Waals surface area contributed by atoms with E-state index in [2.05, 4.69) is 13.8 Å². The molecule has 0 atom stereocenters. The Morgan fingerprint density at radius 3 is 2.38 bits per heavy atom. The summed E-state index contributed by atoms with van der Waals surface area (Å²) in [4.78, 5) is 14.0. The van der Waals surface area contributed by atoms with Gasteiger partial charge in [0.2, 0.25) is 5.78 Å². The van der Waals surface area contributed by atoms with Crippen LogP contribution >= 0.6 is 23.2 Å². The maximum atomic E-state index is 12.7. The van der Waals surface area contributed by atoms with Gasteiger partial charge in [-0.15, -0.1) is 0 Å². The first kappa shape index (κ1) is 18.8. The standard InChI is InChI=1S/C20H19Cl2NO3/c1-3-23(4-2)11-14-17(24)9-8-12-19(25)18(26-20(12)14)10-13-15(21)6-5-7-16(13)22/h5-10,24H,3-4,11H2,1-2H3. The maximum absolute atomic E-state index is 12.7. The summed E-state index contributed by atoms with van der Waals surface area (Å²) >= 11 is 12.4. The molecule has 1 aliphatic rings. The quantitative estimate of drug-likeness (QED) is 0.796. The number of Topliss-reactive ketones (excluding diaryl/α,β-unsaturated/α-hetero) is 1. The Morgan fingerprint density at radius 2 is 1.77 bits per heavy atom. The molecule has 2 aromatic carbocycles. The number of carbonyl (C=O) groups excluding carboxylic acids is 1. The highest BCUT2D eigenvalue weighted by molar-refractivity contribution is 6.37.